The number of hydrogen-bond acceptors (Lipinski definition) is 3. The van der Waals surface area contributed by atoms with Gasteiger partial charge in [-0.3, -0.25) is 0 Å². The largest absolute Gasteiger partial charge is 0.388 e. The summed E-state index contributed by atoms with van der Waals surface area (Å²) in [6, 6.07) is 0. The third-order valence-corrected chi connectivity index (χ3v) is 2.67. The van der Waals surface area contributed by atoms with Gasteiger partial charge in [-0.2, -0.15) is 0 Å². The zero-order valence-electron chi connectivity index (χ0n) is 9.28. The fraction of sp³-hybridized carbons (Fsp3) is 0.700. The first kappa shape index (κ1) is 11.0. The van der Waals surface area contributed by atoms with E-state index in [-0.39, 0.29) is 5.92 Å². The standard InChI is InChI=1S/C10H19N3O/c1-8(2)10(3,14)7-12-9-11-5-6-13(9)4/h5-6,8,14H,7H2,1-4H3,(H,11,12). The van der Waals surface area contributed by atoms with Gasteiger partial charge in [0.15, 0.2) is 0 Å². The molecular formula is C10H19N3O. The summed E-state index contributed by atoms with van der Waals surface area (Å²) >= 11 is 0. The van der Waals surface area contributed by atoms with Gasteiger partial charge in [0.2, 0.25) is 5.95 Å². The molecule has 1 rings (SSSR count). The summed E-state index contributed by atoms with van der Waals surface area (Å²) < 4.78 is 1.89. The van der Waals surface area contributed by atoms with E-state index in [9.17, 15) is 5.11 Å². The second kappa shape index (κ2) is 4.00. The van der Waals surface area contributed by atoms with Gasteiger partial charge in [0.1, 0.15) is 0 Å². The third-order valence-electron chi connectivity index (χ3n) is 2.67. The molecule has 1 unspecified atom stereocenters. The smallest absolute Gasteiger partial charge is 0.202 e. The molecule has 0 bridgehead atoms. The molecule has 0 aliphatic heterocycles. The van der Waals surface area contributed by atoms with Gasteiger partial charge in [0, 0.05) is 26.0 Å². The summed E-state index contributed by atoms with van der Waals surface area (Å²) in [4.78, 5) is 4.12. The van der Waals surface area contributed by atoms with E-state index in [1.54, 1.807) is 6.20 Å². The molecule has 1 heterocycles. The Morgan fingerprint density at radius 1 is 1.64 bits per heavy atom. The molecule has 4 heteroatoms. The lowest BCUT2D eigenvalue weighted by atomic mass is 9.93. The molecule has 0 saturated heterocycles. The van der Waals surface area contributed by atoms with E-state index in [0.717, 1.165) is 5.95 Å². The summed E-state index contributed by atoms with van der Waals surface area (Å²) in [6.45, 7) is 6.34. The molecule has 2 N–H and O–H groups in total. The van der Waals surface area contributed by atoms with Crippen LogP contribution in [0, 0.1) is 5.92 Å². The van der Waals surface area contributed by atoms with Gasteiger partial charge in [0.05, 0.1) is 5.60 Å². The van der Waals surface area contributed by atoms with Crippen LogP contribution in [0.2, 0.25) is 0 Å². The average Bonchev–Trinajstić information content (AvgIpc) is 2.47. The van der Waals surface area contributed by atoms with E-state index in [0.29, 0.717) is 6.54 Å². The Labute approximate surface area is 85.0 Å². The van der Waals surface area contributed by atoms with Crippen LogP contribution < -0.4 is 5.32 Å². The Kier molecular flexibility index (Phi) is 3.16. The van der Waals surface area contributed by atoms with Crippen LogP contribution >= 0.6 is 0 Å². The molecular weight excluding hydrogens is 178 g/mol. The van der Waals surface area contributed by atoms with E-state index in [1.807, 2.05) is 38.6 Å². The Morgan fingerprint density at radius 3 is 2.71 bits per heavy atom. The van der Waals surface area contributed by atoms with Gasteiger partial charge in [-0.05, 0) is 12.8 Å². The first-order valence-electron chi connectivity index (χ1n) is 4.87. The van der Waals surface area contributed by atoms with Crippen molar-refractivity contribution in [2.75, 3.05) is 11.9 Å². The molecule has 0 amide bonds. The lowest BCUT2D eigenvalue weighted by Gasteiger charge is -2.27. The van der Waals surface area contributed by atoms with Gasteiger partial charge in [-0.15, -0.1) is 0 Å². The molecule has 1 atom stereocenters. The van der Waals surface area contributed by atoms with Crippen molar-refractivity contribution in [3.8, 4) is 0 Å². The van der Waals surface area contributed by atoms with Crippen LogP contribution in [0.3, 0.4) is 0 Å². The number of nitrogens with one attached hydrogen (secondary N) is 1. The molecule has 0 aliphatic rings. The highest BCUT2D eigenvalue weighted by molar-refractivity contribution is 5.25. The summed E-state index contributed by atoms with van der Waals surface area (Å²) in [5, 5.41) is 13.1. The molecule has 0 radical (unpaired) electrons. The molecule has 0 fully saturated rings. The summed E-state index contributed by atoms with van der Waals surface area (Å²) in [5.41, 5.74) is -0.702. The molecule has 14 heavy (non-hydrogen) atoms. The number of anilines is 1. The molecule has 0 saturated carbocycles. The van der Waals surface area contributed by atoms with Crippen molar-refractivity contribution in [1.29, 1.82) is 0 Å². The third kappa shape index (κ3) is 2.48. The second-order valence-corrected chi connectivity index (χ2v) is 4.23. The molecule has 0 spiro atoms. The topological polar surface area (TPSA) is 50.1 Å². The number of nitrogens with zero attached hydrogens (tertiary/aromatic N) is 2. The van der Waals surface area contributed by atoms with Crippen LogP contribution in [0.5, 0.6) is 0 Å². The maximum atomic E-state index is 9.98. The number of aryl methyl sites for hydroxylation is 1. The number of hydrogen-bond donors (Lipinski definition) is 2. The Hall–Kier alpha value is -1.03. The number of rotatable bonds is 4. The minimum absolute atomic E-state index is 0.218. The van der Waals surface area contributed by atoms with Crippen LogP contribution in [-0.4, -0.2) is 26.8 Å². The Balaban J connectivity index is 2.53. The van der Waals surface area contributed by atoms with Crippen molar-refractivity contribution in [3.63, 3.8) is 0 Å². The van der Waals surface area contributed by atoms with Gasteiger partial charge < -0.3 is 15.0 Å². The van der Waals surface area contributed by atoms with Crippen LogP contribution in [0.1, 0.15) is 20.8 Å². The van der Waals surface area contributed by atoms with E-state index in [1.165, 1.54) is 0 Å². The summed E-state index contributed by atoms with van der Waals surface area (Å²) in [5.74, 6) is 1.00. The van der Waals surface area contributed by atoms with Gasteiger partial charge in [0.25, 0.3) is 0 Å². The summed E-state index contributed by atoms with van der Waals surface area (Å²) in [6.07, 6.45) is 3.60. The maximum Gasteiger partial charge on any atom is 0.202 e. The monoisotopic (exact) mass is 197 g/mol. The first-order chi connectivity index (χ1) is 6.43. The quantitative estimate of drug-likeness (QED) is 0.763. The predicted octanol–water partition coefficient (Wildman–Crippen LogP) is 1.24. The zero-order valence-corrected chi connectivity index (χ0v) is 9.28. The van der Waals surface area contributed by atoms with Crippen molar-refractivity contribution in [3.05, 3.63) is 12.4 Å². The van der Waals surface area contributed by atoms with E-state index >= 15 is 0 Å². The normalized spacial score (nSPS) is 15.6. The van der Waals surface area contributed by atoms with E-state index in [4.69, 9.17) is 0 Å². The number of aliphatic hydroxyl groups is 1. The van der Waals surface area contributed by atoms with Crippen LogP contribution in [0.15, 0.2) is 12.4 Å². The lowest BCUT2D eigenvalue weighted by Crippen LogP contribution is -2.39. The molecule has 4 nitrogen and oxygen atoms in total. The average molecular weight is 197 g/mol. The van der Waals surface area contributed by atoms with Gasteiger partial charge in [-0.25, -0.2) is 4.98 Å². The lowest BCUT2D eigenvalue weighted by molar-refractivity contribution is 0.0264. The Morgan fingerprint density at radius 2 is 2.29 bits per heavy atom. The minimum atomic E-state index is -0.702. The van der Waals surface area contributed by atoms with Crippen molar-refractivity contribution in [1.82, 2.24) is 9.55 Å². The molecule has 1 aromatic heterocycles. The zero-order chi connectivity index (χ0) is 10.8. The second-order valence-electron chi connectivity index (χ2n) is 4.23. The molecule has 80 valence electrons. The predicted molar refractivity (Wildman–Crippen MR) is 57.2 cm³/mol. The van der Waals surface area contributed by atoms with Gasteiger partial charge >= 0.3 is 0 Å². The van der Waals surface area contributed by atoms with Crippen molar-refractivity contribution >= 4 is 5.95 Å². The van der Waals surface area contributed by atoms with Crippen molar-refractivity contribution in [2.45, 2.75) is 26.4 Å². The van der Waals surface area contributed by atoms with Crippen molar-refractivity contribution in [2.24, 2.45) is 13.0 Å². The highest BCUT2D eigenvalue weighted by Gasteiger charge is 2.24. The SMILES string of the molecule is CC(C)C(C)(O)CNc1nccn1C. The Bertz CT molecular complexity index is 291. The molecule has 0 aromatic carbocycles. The van der Waals surface area contributed by atoms with Crippen LogP contribution in [0.4, 0.5) is 5.95 Å². The van der Waals surface area contributed by atoms with Gasteiger partial charge in [-0.1, -0.05) is 13.8 Å². The summed E-state index contributed by atoms with van der Waals surface area (Å²) in [7, 11) is 1.92. The van der Waals surface area contributed by atoms with E-state index in [2.05, 4.69) is 10.3 Å². The van der Waals surface area contributed by atoms with E-state index < -0.39 is 5.60 Å². The highest BCUT2D eigenvalue weighted by Crippen LogP contribution is 2.16. The fourth-order valence-electron chi connectivity index (χ4n) is 0.998. The molecule has 0 aliphatic carbocycles. The number of imidazole rings is 1. The van der Waals surface area contributed by atoms with Crippen molar-refractivity contribution < 1.29 is 5.11 Å². The fourth-order valence-corrected chi connectivity index (χ4v) is 0.998. The van der Waals surface area contributed by atoms with Crippen LogP contribution in [0.25, 0.3) is 0 Å². The highest BCUT2D eigenvalue weighted by atomic mass is 16.3. The maximum absolute atomic E-state index is 9.98. The van der Waals surface area contributed by atoms with Crippen LogP contribution in [-0.2, 0) is 7.05 Å². The molecule has 1 aromatic rings. The number of aromatic nitrogens is 2. The minimum Gasteiger partial charge on any atom is -0.388 e. The first-order valence-corrected chi connectivity index (χ1v) is 4.87.